The van der Waals surface area contributed by atoms with Crippen molar-refractivity contribution in [1.82, 2.24) is 30.2 Å². The maximum Gasteiger partial charge on any atom is 0.249 e. The number of aryl methyl sites for hydroxylation is 1. The van der Waals surface area contributed by atoms with Crippen LogP contribution < -0.4 is 36.2 Å². The van der Waals surface area contributed by atoms with Crippen LogP contribution in [0.25, 0.3) is 11.0 Å². The van der Waals surface area contributed by atoms with Crippen molar-refractivity contribution in [3.8, 4) is 5.75 Å². The molecule has 16 heteroatoms. The number of rotatable bonds is 11. The summed E-state index contributed by atoms with van der Waals surface area (Å²) in [5.41, 5.74) is 6.88. The van der Waals surface area contributed by atoms with E-state index in [1.165, 1.54) is 5.56 Å². The molecule has 4 heterocycles. The van der Waals surface area contributed by atoms with Crippen LogP contribution in [0.5, 0.6) is 5.75 Å². The Kier molecular flexibility index (Phi) is 10.8. The summed E-state index contributed by atoms with van der Waals surface area (Å²) in [5, 5.41) is 12.9. The van der Waals surface area contributed by atoms with Crippen LogP contribution >= 0.6 is 23.1 Å². The van der Waals surface area contributed by atoms with Gasteiger partial charge in [0.2, 0.25) is 17.8 Å². The number of carbonyl (C=O) groups excluding carboxylic acids is 2. The number of nitrogens with one attached hydrogen (secondary N) is 4. The number of aromatic nitrogens is 4. The predicted molar refractivity (Wildman–Crippen MR) is 216 cm³/mol. The third-order valence-electron chi connectivity index (χ3n) is 9.57. The third-order valence-corrected chi connectivity index (χ3v) is 11.7. The van der Waals surface area contributed by atoms with Gasteiger partial charge in [-0.1, -0.05) is 12.1 Å². The Morgan fingerprint density at radius 2 is 1.72 bits per heavy atom. The standard InChI is InChI=1S/C38H42BrN10O4P/c1-23-19-30(45-38-42-21-26(39)36(47-38)44-28-10-9-27-34(41-14-13-40-27)35(28)54(3,4)52)32(53-2)20-31(23)49-17-15-48(16-18-49)22-24-5-7-25(8-6-24)43-29-11-12-33(50)46-37(29)51/h5-10,13-14,19-21,29,43H,11-12,15-18,22H2,1-4H3,(H,46,50,51)(H2,42,44,45,47). The van der Waals surface area contributed by atoms with Gasteiger partial charge in [0.15, 0.2) is 0 Å². The smallest absolute Gasteiger partial charge is 0.249 e. The highest BCUT2D eigenvalue weighted by molar-refractivity contribution is 9.10. The maximum atomic E-state index is 13.4. The van der Waals surface area contributed by atoms with Gasteiger partial charge in [-0.05, 0) is 84.1 Å². The summed E-state index contributed by atoms with van der Waals surface area (Å²) >= 11 is 3.57. The van der Waals surface area contributed by atoms with Crippen molar-refractivity contribution in [3.63, 3.8) is 0 Å². The molecule has 4 N–H and O–H groups in total. The van der Waals surface area contributed by atoms with Gasteiger partial charge in [-0.25, -0.2) is 4.98 Å². The minimum absolute atomic E-state index is 0.218. The molecule has 1 atom stereocenters. The van der Waals surface area contributed by atoms with Gasteiger partial charge in [0.05, 0.1) is 33.8 Å². The van der Waals surface area contributed by atoms with Gasteiger partial charge in [-0.3, -0.25) is 29.8 Å². The van der Waals surface area contributed by atoms with Crippen LogP contribution in [0, 0.1) is 6.92 Å². The lowest BCUT2D eigenvalue weighted by Gasteiger charge is -2.37. The molecule has 2 aromatic heterocycles. The Hall–Kier alpha value is -5.11. The van der Waals surface area contributed by atoms with Crippen LogP contribution in [0.15, 0.2) is 71.6 Å². The minimum atomic E-state index is -2.76. The van der Waals surface area contributed by atoms with Crippen LogP contribution in [0.4, 0.5) is 34.5 Å². The summed E-state index contributed by atoms with van der Waals surface area (Å²) in [6.07, 6.45) is 5.72. The zero-order valence-electron chi connectivity index (χ0n) is 30.5. The molecule has 2 saturated heterocycles. The predicted octanol–water partition coefficient (Wildman–Crippen LogP) is 5.77. The molecule has 3 aromatic carbocycles. The molecule has 54 heavy (non-hydrogen) atoms. The maximum absolute atomic E-state index is 13.4. The molecule has 7 rings (SSSR count). The van der Waals surface area contributed by atoms with E-state index in [-0.39, 0.29) is 11.8 Å². The summed E-state index contributed by atoms with van der Waals surface area (Å²) in [7, 11) is -1.12. The van der Waals surface area contributed by atoms with E-state index >= 15 is 0 Å². The second kappa shape index (κ2) is 15.7. The number of hydrogen-bond donors (Lipinski definition) is 4. The first-order valence-corrected chi connectivity index (χ1v) is 21.1. The van der Waals surface area contributed by atoms with E-state index in [1.54, 1.807) is 39.0 Å². The van der Waals surface area contributed by atoms with Gasteiger partial charge in [-0.15, -0.1) is 0 Å². The molecule has 0 spiro atoms. The molecule has 0 radical (unpaired) electrons. The highest BCUT2D eigenvalue weighted by atomic mass is 79.9. The zero-order chi connectivity index (χ0) is 38.0. The Balaban J connectivity index is 0.998. The van der Waals surface area contributed by atoms with Gasteiger partial charge in [0.25, 0.3) is 0 Å². The molecule has 2 aliphatic rings. The van der Waals surface area contributed by atoms with Gasteiger partial charge in [0.1, 0.15) is 30.3 Å². The number of benzene rings is 3. The van der Waals surface area contributed by atoms with Crippen LogP contribution in [0.2, 0.25) is 0 Å². The molecule has 0 aliphatic carbocycles. The highest BCUT2D eigenvalue weighted by Gasteiger charge is 2.27. The van der Waals surface area contributed by atoms with Crippen molar-refractivity contribution in [3.05, 3.63) is 82.7 Å². The van der Waals surface area contributed by atoms with Crippen LogP contribution in [-0.4, -0.2) is 89.3 Å². The second-order valence-electron chi connectivity index (χ2n) is 13.8. The van der Waals surface area contributed by atoms with E-state index < -0.39 is 13.2 Å². The van der Waals surface area contributed by atoms with Crippen LogP contribution in [0.1, 0.15) is 24.0 Å². The summed E-state index contributed by atoms with van der Waals surface area (Å²) in [5.74, 6) is 1.03. The number of halogens is 1. The lowest BCUT2D eigenvalue weighted by Crippen LogP contribution is -2.47. The molecule has 14 nitrogen and oxygen atoms in total. The highest BCUT2D eigenvalue weighted by Crippen LogP contribution is 2.41. The fourth-order valence-corrected chi connectivity index (χ4v) is 8.54. The van der Waals surface area contributed by atoms with Crippen molar-refractivity contribution in [2.45, 2.75) is 32.4 Å². The summed E-state index contributed by atoms with van der Waals surface area (Å²) in [6.45, 7) is 9.88. The van der Waals surface area contributed by atoms with E-state index in [4.69, 9.17) is 9.72 Å². The van der Waals surface area contributed by atoms with E-state index in [9.17, 15) is 14.2 Å². The third kappa shape index (κ3) is 8.33. The lowest BCUT2D eigenvalue weighted by atomic mass is 10.1. The number of anilines is 6. The first kappa shape index (κ1) is 37.2. The number of amides is 2. The number of imide groups is 1. The first-order chi connectivity index (χ1) is 25.9. The quantitative estimate of drug-likeness (QED) is 0.0939. The molecule has 0 bridgehead atoms. The molecule has 1 unspecified atom stereocenters. The number of methoxy groups -OCH3 is 1. The summed E-state index contributed by atoms with van der Waals surface area (Å²) in [6, 6.07) is 15.5. The number of nitrogens with zero attached hydrogens (tertiary/aromatic N) is 6. The number of piperazine rings is 1. The number of fused-ring (bicyclic) bond motifs is 1. The molecule has 280 valence electrons. The van der Waals surface area contributed by atoms with Gasteiger partial charge in [-0.2, -0.15) is 4.98 Å². The molecular weight excluding hydrogens is 771 g/mol. The van der Waals surface area contributed by atoms with Crippen molar-refractivity contribution < 1.29 is 18.9 Å². The number of hydrogen-bond acceptors (Lipinski definition) is 13. The number of carbonyl (C=O) groups is 2. The Bertz CT molecular complexity index is 2260. The molecular formula is C38H42BrN10O4P. The van der Waals surface area contributed by atoms with Crippen molar-refractivity contribution in [1.29, 1.82) is 0 Å². The molecule has 2 amide bonds. The van der Waals surface area contributed by atoms with Crippen LogP contribution in [0.3, 0.4) is 0 Å². The largest absolute Gasteiger partial charge is 0.494 e. The average molecular weight is 814 g/mol. The van der Waals surface area contributed by atoms with E-state index in [1.807, 2.05) is 30.3 Å². The SMILES string of the molecule is COc1cc(N2CCN(Cc3ccc(NC4CCC(=O)NC4=O)cc3)CC2)c(C)cc1Nc1ncc(Br)c(Nc2ccc3nccnc3c2P(C)(C)=O)n1. The van der Waals surface area contributed by atoms with Gasteiger partial charge < -0.3 is 30.2 Å². The second-order valence-corrected chi connectivity index (χ2v) is 17.8. The van der Waals surface area contributed by atoms with Gasteiger partial charge in [0, 0.05) is 75.2 Å². The molecule has 2 fully saturated rings. The molecule has 0 saturated carbocycles. The van der Waals surface area contributed by atoms with Crippen molar-refractivity contribution in [2.24, 2.45) is 0 Å². The zero-order valence-corrected chi connectivity index (χ0v) is 33.0. The number of piperidine rings is 1. The Morgan fingerprint density at radius 1 is 0.963 bits per heavy atom. The van der Waals surface area contributed by atoms with Crippen molar-refractivity contribution in [2.75, 3.05) is 67.5 Å². The van der Waals surface area contributed by atoms with Crippen LogP contribution in [-0.2, 0) is 20.7 Å². The summed E-state index contributed by atoms with van der Waals surface area (Å²) in [4.78, 5) is 46.5. The van der Waals surface area contributed by atoms with E-state index in [2.05, 4.69) is 87.1 Å². The van der Waals surface area contributed by atoms with E-state index in [0.29, 0.717) is 56.9 Å². The minimum Gasteiger partial charge on any atom is -0.494 e. The fourth-order valence-electron chi connectivity index (χ4n) is 6.86. The normalized spacial score (nSPS) is 16.6. The lowest BCUT2D eigenvalue weighted by molar-refractivity contribution is -0.133. The molecule has 2 aliphatic heterocycles. The topological polar surface area (TPSA) is 167 Å². The average Bonchev–Trinajstić information content (AvgIpc) is 3.15. The molecule has 5 aromatic rings. The van der Waals surface area contributed by atoms with E-state index in [0.717, 1.165) is 55.3 Å². The summed E-state index contributed by atoms with van der Waals surface area (Å²) < 4.78 is 19.9. The van der Waals surface area contributed by atoms with Gasteiger partial charge >= 0.3 is 0 Å². The number of ether oxygens (including phenoxy) is 1. The van der Waals surface area contributed by atoms with Crippen molar-refractivity contribution >= 4 is 85.7 Å². The fraction of sp³-hybridized carbons (Fsp3) is 0.316. The Morgan fingerprint density at radius 3 is 2.44 bits per heavy atom. The monoisotopic (exact) mass is 812 g/mol. The first-order valence-electron chi connectivity index (χ1n) is 17.7. The Labute approximate surface area is 322 Å².